The van der Waals surface area contributed by atoms with Crippen molar-refractivity contribution in [1.82, 2.24) is 14.7 Å². The number of halogens is 3. The van der Waals surface area contributed by atoms with E-state index in [0.717, 1.165) is 0 Å². The molecule has 0 radical (unpaired) electrons. The monoisotopic (exact) mass is 517 g/mol. The van der Waals surface area contributed by atoms with E-state index in [1.165, 1.54) is 27.8 Å². The Kier molecular flexibility index (Phi) is 6.62. The van der Waals surface area contributed by atoms with Gasteiger partial charge in [0.15, 0.2) is 5.69 Å². The first-order valence-electron chi connectivity index (χ1n) is 10.7. The number of carbonyl (C=O) groups excluding carboxylic acids is 1. The van der Waals surface area contributed by atoms with E-state index >= 15 is 0 Å². The highest BCUT2D eigenvalue weighted by Crippen LogP contribution is 2.37. The SMILES string of the molecule is CC(C)(C)OC(=O)N1CCc2c(C(=O)O)nn(-c3ccc(Cl)cc3Cl)c2/C1=C/c1ccc(F)cc1. The number of aromatic nitrogens is 2. The van der Waals surface area contributed by atoms with Gasteiger partial charge in [-0.15, -0.1) is 0 Å². The molecule has 7 nitrogen and oxygen atoms in total. The lowest BCUT2D eigenvalue weighted by Gasteiger charge is -2.32. The standard InChI is InChI=1S/C25H22Cl2FN3O4/c1-25(2,3)35-24(34)30-11-10-17-21(23(32)33)29-31(19-9-6-15(26)13-18(19)27)22(17)20(30)12-14-4-7-16(28)8-5-14/h4-9,12-13H,10-11H2,1-3H3,(H,32,33)/b20-12-. The predicted octanol–water partition coefficient (Wildman–Crippen LogP) is 6.31. The molecule has 35 heavy (non-hydrogen) atoms. The lowest BCUT2D eigenvalue weighted by Crippen LogP contribution is -2.39. The Hall–Kier alpha value is -3.36. The highest BCUT2D eigenvalue weighted by molar-refractivity contribution is 6.35. The van der Waals surface area contributed by atoms with Crippen molar-refractivity contribution < 1.29 is 23.8 Å². The van der Waals surface area contributed by atoms with Crippen LogP contribution in [0.25, 0.3) is 17.5 Å². The van der Waals surface area contributed by atoms with Crippen molar-refractivity contribution >= 4 is 47.0 Å². The minimum atomic E-state index is -1.21. The van der Waals surface area contributed by atoms with Gasteiger partial charge in [-0.05, 0) is 69.2 Å². The van der Waals surface area contributed by atoms with Crippen LogP contribution in [0.3, 0.4) is 0 Å². The molecule has 1 N–H and O–H groups in total. The Morgan fingerprint density at radius 1 is 1.14 bits per heavy atom. The van der Waals surface area contributed by atoms with E-state index in [9.17, 15) is 19.1 Å². The van der Waals surface area contributed by atoms with E-state index in [1.807, 2.05) is 0 Å². The van der Waals surface area contributed by atoms with Crippen LogP contribution in [0.2, 0.25) is 10.0 Å². The average Bonchev–Trinajstić information content (AvgIpc) is 3.14. The van der Waals surface area contributed by atoms with Gasteiger partial charge in [0.2, 0.25) is 0 Å². The molecule has 0 saturated heterocycles. The molecule has 0 spiro atoms. The Balaban J connectivity index is 1.98. The number of rotatable bonds is 3. The molecule has 0 unspecified atom stereocenters. The van der Waals surface area contributed by atoms with Gasteiger partial charge in [0.05, 0.1) is 22.1 Å². The highest BCUT2D eigenvalue weighted by atomic mass is 35.5. The lowest BCUT2D eigenvalue weighted by atomic mass is 9.99. The van der Waals surface area contributed by atoms with Gasteiger partial charge < -0.3 is 9.84 Å². The molecule has 3 aromatic rings. The Morgan fingerprint density at radius 2 is 1.83 bits per heavy atom. The summed E-state index contributed by atoms with van der Waals surface area (Å²) in [5.74, 6) is -1.62. The minimum absolute atomic E-state index is 0.153. The Bertz CT molecular complexity index is 1340. The maximum absolute atomic E-state index is 13.5. The molecule has 1 amide bonds. The summed E-state index contributed by atoms with van der Waals surface area (Å²) in [5, 5.41) is 14.8. The van der Waals surface area contributed by atoms with Gasteiger partial charge in [0, 0.05) is 17.1 Å². The largest absolute Gasteiger partial charge is 0.476 e. The first-order chi connectivity index (χ1) is 16.4. The fourth-order valence-electron chi connectivity index (χ4n) is 3.79. The van der Waals surface area contributed by atoms with Crippen LogP contribution >= 0.6 is 23.2 Å². The normalized spacial score (nSPS) is 14.7. The van der Waals surface area contributed by atoms with Crippen LogP contribution in [0.1, 0.15) is 48.1 Å². The van der Waals surface area contributed by atoms with Crippen LogP contribution in [0.4, 0.5) is 9.18 Å². The van der Waals surface area contributed by atoms with Gasteiger partial charge in [0.25, 0.3) is 0 Å². The van der Waals surface area contributed by atoms with Gasteiger partial charge in [0.1, 0.15) is 11.4 Å². The molecular weight excluding hydrogens is 496 g/mol. The van der Waals surface area contributed by atoms with Crippen LogP contribution in [0, 0.1) is 5.82 Å². The topological polar surface area (TPSA) is 84.7 Å². The summed E-state index contributed by atoms with van der Waals surface area (Å²) in [6, 6.07) is 10.4. The molecule has 0 aliphatic carbocycles. The molecule has 182 valence electrons. The first kappa shape index (κ1) is 24.8. The van der Waals surface area contributed by atoms with Crippen molar-refractivity contribution in [2.24, 2.45) is 0 Å². The van der Waals surface area contributed by atoms with Crippen LogP contribution in [0.5, 0.6) is 0 Å². The molecular formula is C25H22Cl2FN3O4. The number of hydrogen-bond donors (Lipinski definition) is 1. The smallest absolute Gasteiger partial charge is 0.414 e. The van der Waals surface area contributed by atoms with Gasteiger partial charge in [-0.3, -0.25) is 4.90 Å². The van der Waals surface area contributed by atoms with Crippen molar-refractivity contribution in [3.63, 3.8) is 0 Å². The zero-order chi connectivity index (χ0) is 25.5. The molecule has 2 aromatic carbocycles. The van der Waals surface area contributed by atoms with Crippen LogP contribution in [-0.4, -0.2) is 44.0 Å². The van der Waals surface area contributed by atoms with Gasteiger partial charge >= 0.3 is 12.1 Å². The van der Waals surface area contributed by atoms with E-state index in [0.29, 0.717) is 33.2 Å². The van der Waals surface area contributed by atoms with Crippen molar-refractivity contribution in [1.29, 1.82) is 0 Å². The summed E-state index contributed by atoms with van der Waals surface area (Å²) in [6.45, 7) is 5.42. The van der Waals surface area contributed by atoms with Gasteiger partial charge in [-0.25, -0.2) is 18.7 Å². The fraction of sp³-hybridized carbons (Fsp3) is 0.240. The summed E-state index contributed by atoms with van der Waals surface area (Å²) in [7, 11) is 0. The number of carboxylic acid groups (broad SMARTS) is 1. The molecule has 4 rings (SSSR count). The molecule has 0 fully saturated rings. The summed E-state index contributed by atoms with van der Waals surface area (Å²) >= 11 is 12.5. The molecule has 0 atom stereocenters. The average molecular weight is 518 g/mol. The number of amides is 1. The second kappa shape index (κ2) is 9.36. The number of nitrogens with zero attached hydrogens (tertiary/aromatic N) is 3. The fourth-order valence-corrected chi connectivity index (χ4v) is 4.28. The minimum Gasteiger partial charge on any atom is -0.476 e. The first-order valence-corrected chi connectivity index (χ1v) is 11.5. The second-order valence-corrected chi connectivity index (χ2v) is 9.80. The number of hydrogen-bond acceptors (Lipinski definition) is 4. The van der Waals surface area contributed by atoms with E-state index < -0.39 is 23.5 Å². The van der Waals surface area contributed by atoms with E-state index in [1.54, 1.807) is 51.1 Å². The number of benzene rings is 2. The number of carbonyl (C=O) groups is 2. The number of fused-ring (bicyclic) bond motifs is 1. The zero-order valence-electron chi connectivity index (χ0n) is 19.2. The molecule has 0 bridgehead atoms. The van der Waals surface area contributed by atoms with Crippen LogP contribution in [-0.2, 0) is 11.2 Å². The van der Waals surface area contributed by atoms with Crippen molar-refractivity contribution in [3.05, 3.63) is 80.8 Å². The summed E-state index contributed by atoms with van der Waals surface area (Å²) in [6.07, 6.45) is 1.28. The van der Waals surface area contributed by atoms with E-state index in [-0.39, 0.29) is 23.7 Å². The summed E-state index contributed by atoms with van der Waals surface area (Å²) in [4.78, 5) is 26.7. The van der Waals surface area contributed by atoms with Gasteiger partial charge in [-0.2, -0.15) is 5.10 Å². The molecule has 1 aliphatic rings. The number of aromatic carboxylic acids is 1. The molecule has 0 saturated carbocycles. The Morgan fingerprint density at radius 3 is 2.43 bits per heavy atom. The molecule has 10 heteroatoms. The van der Waals surface area contributed by atoms with E-state index in [2.05, 4.69) is 5.10 Å². The van der Waals surface area contributed by atoms with E-state index in [4.69, 9.17) is 27.9 Å². The van der Waals surface area contributed by atoms with Crippen molar-refractivity contribution in [3.8, 4) is 5.69 Å². The molecule has 1 aliphatic heterocycles. The van der Waals surface area contributed by atoms with Crippen molar-refractivity contribution in [2.75, 3.05) is 6.54 Å². The number of ether oxygens (including phenoxy) is 1. The third-order valence-corrected chi connectivity index (χ3v) is 5.77. The summed E-state index contributed by atoms with van der Waals surface area (Å²) < 4.78 is 20.5. The van der Waals surface area contributed by atoms with Crippen LogP contribution in [0.15, 0.2) is 42.5 Å². The Labute approximate surface area is 211 Å². The third-order valence-electron chi connectivity index (χ3n) is 5.23. The number of carboxylic acids is 1. The molecule has 2 heterocycles. The maximum atomic E-state index is 13.5. The maximum Gasteiger partial charge on any atom is 0.414 e. The zero-order valence-corrected chi connectivity index (χ0v) is 20.7. The summed E-state index contributed by atoms with van der Waals surface area (Å²) in [5.41, 5.74) is 1.22. The lowest BCUT2D eigenvalue weighted by molar-refractivity contribution is 0.0351. The quantitative estimate of drug-likeness (QED) is 0.440. The predicted molar refractivity (Wildman–Crippen MR) is 131 cm³/mol. The highest BCUT2D eigenvalue weighted by Gasteiger charge is 2.36. The molecule has 1 aromatic heterocycles. The van der Waals surface area contributed by atoms with Crippen LogP contribution < -0.4 is 0 Å². The third kappa shape index (κ3) is 5.18. The van der Waals surface area contributed by atoms with Gasteiger partial charge in [-0.1, -0.05) is 35.3 Å². The second-order valence-electron chi connectivity index (χ2n) is 8.95. The van der Waals surface area contributed by atoms with Crippen molar-refractivity contribution in [2.45, 2.75) is 32.8 Å².